The van der Waals surface area contributed by atoms with E-state index in [4.69, 9.17) is 5.73 Å². The van der Waals surface area contributed by atoms with Crippen LogP contribution in [-0.4, -0.2) is 4.98 Å². The zero-order valence-corrected chi connectivity index (χ0v) is 11.6. The van der Waals surface area contributed by atoms with Crippen LogP contribution in [0.25, 0.3) is 10.2 Å². The van der Waals surface area contributed by atoms with Crippen molar-refractivity contribution in [2.24, 2.45) is 11.1 Å². The van der Waals surface area contributed by atoms with Gasteiger partial charge in [0.2, 0.25) is 0 Å². The number of hydrogen-bond acceptors (Lipinski definition) is 3. The predicted octanol–water partition coefficient (Wildman–Crippen LogP) is 4.12. The summed E-state index contributed by atoms with van der Waals surface area (Å²) in [6.45, 7) is 6.75. The minimum absolute atomic E-state index is 0.105. The van der Waals surface area contributed by atoms with Gasteiger partial charge in [0.15, 0.2) is 0 Å². The van der Waals surface area contributed by atoms with Gasteiger partial charge in [-0.1, -0.05) is 20.8 Å². The molecule has 2 aromatic rings. The molecule has 2 N–H and O–H groups in total. The average molecular weight is 248 g/mol. The van der Waals surface area contributed by atoms with Crippen LogP contribution >= 0.6 is 11.3 Å². The Kier molecular flexibility index (Phi) is 3.50. The van der Waals surface area contributed by atoms with E-state index in [9.17, 15) is 0 Å². The molecule has 1 unspecified atom stereocenters. The van der Waals surface area contributed by atoms with Crippen LogP contribution in [0.4, 0.5) is 0 Å². The summed E-state index contributed by atoms with van der Waals surface area (Å²) in [5, 5.41) is 2.07. The molecule has 0 spiro atoms. The molecule has 0 aromatic carbocycles. The van der Waals surface area contributed by atoms with E-state index in [1.165, 1.54) is 4.70 Å². The molecule has 92 valence electrons. The first-order chi connectivity index (χ1) is 7.96. The largest absolute Gasteiger partial charge is 0.324 e. The molecule has 2 heterocycles. The van der Waals surface area contributed by atoms with Gasteiger partial charge in [0.25, 0.3) is 0 Å². The molecule has 1 atom stereocenters. The smallest absolute Gasteiger partial charge is 0.0809 e. The number of nitrogens with zero attached hydrogens (tertiary/aromatic N) is 1. The first-order valence-electron chi connectivity index (χ1n) is 6.04. The molecule has 0 amide bonds. The molecule has 0 fully saturated rings. The summed E-state index contributed by atoms with van der Waals surface area (Å²) < 4.78 is 1.23. The summed E-state index contributed by atoms with van der Waals surface area (Å²) >= 11 is 1.72. The van der Waals surface area contributed by atoms with E-state index in [0.29, 0.717) is 5.41 Å². The maximum Gasteiger partial charge on any atom is 0.0809 e. The maximum absolute atomic E-state index is 6.23. The highest BCUT2D eigenvalue weighted by Crippen LogP contribution is 2.28. The zero-order valence-electron chi connectivity index (χ0n) is 10.7. The lowest BCUT2D eigenvalue weighted by molar-refractivity contribution is 0.349. The van der Waals surface area contributed by atoms with Gasteiger partial charge in [-0.3, -0.25) is 4.98 Å². The molecule has 2 nitrogen and oxygen atoms in total. The third-order valence-corrected chi connectivity index (χ3v) is 3.81. The second kappa shape index (κ2) is 4.75. The summed E-state index contributed by atoms with van der Waals surface area (Å²) in [5.74, 6) is 0. The van der Waals surface area contributed by atoms with Gasteiger partial charge < -0.3 is 5.73 Å². The Balaban J connectivity index is 2.10. The Morgan fingerprint density at radius 2 is 2.18 bits per heavy atom. The fourth-order valence-corrected chi connectivity index (χ4v) is 2.61. The number of hydrogen-bond donors (Lipinski definition) is 1. The molecular formula is C14H20N2S. The van der Waals surface area contributed by atoms with Crippen molar-refractivity contribution in [1.82, 2.24) is 4.98 Å². The van der Waals surface area contributed by atoms with Gasteiger partial charge in [0, 0.05) is 12.2 Å². The van der Waals surface area contributed by atoms with Crippen molar-refractivity contribution in [1.29, 1.82) is 0 Å². The molecule has 17 heavy (non-hydrogen) atoms. The molecule has 0 aliphatic carbocycles. The highest BCUT2D eigenvalue weighted by molar-refractivity contribution is 7.17. The lowest BCUT2D eigenvalue weighted by Crippen LogP contribution is -2.14. The van der Waals surface area contributed by atoms with Crippen molar-refractivity contribution >= 4 is 21.6 Å². The third kappa shape index (κ3) is 3.27. The van der Waals surface area contributed by atoms with Gasteiger partial charge >= 0.3 is 0 Å². The summed E-state index contributed by atoms with van der Waals surface area (Å²) in [4.78, 5) is 4.44. The minimum atomic E-state index is 0.105. The number of nitrogens with two attached hydrogens (primary N) is 1. The number of rotatable bonds is 3. The van der Waals surface area contributed by atoms with Crippen molar-refractivity contribution in [3.8, 4) is 0 Å². The van der Waals surface area contributed by atoms with Crippen molar-refractivity contribution < 1.29 is 0 Å². The van der Waals surface area contributed by atoms with E-state index < -0.39 is 0 Å². The number of pyridine rings is 1. The lowest BCUT2D eigenvalue weighted by Gasteiger charge is -2.20. The molecule has 2 aromatic heterocycles. The quantitative estimate of drug-likeness (QED) is 0.887. The summed E-state index contributed by atoms with van der Waals surface area (Å²) in [5.41, 5.74) is 8.80. The lowest BCUT2D eigenvalue weighted by atomic mass is 9.87. The van der Waals surface area contributed by atoms with E-state index in [0.717, 1.165) is 23.9 Å². The molecule has 0 bridgehead atoms. The molecule has 0 saturated carbocycles. The first kappa shape index (κ1) is 12.5. The van der Waals surface area contributed by atoms with E-state index in [1.807, 2.05) is 12.3 Å². The van der Waals surface area contributed by atoms with E-state index >= 15 is 0 Å². The Morgan fingerprint density at radius 1 is 1.41 bits per heavy atom. The van der Waals surface area contributed by atoms with Crippen LogP contribution in [0.3, 0.4) is 0 Å². The van der Waals surface area contributed by atoms with Crippen LogP contribution in [0.15, 0.2) is 23.7 Å². The summed E-state index contributed by atoms with van der Waals surface area (Å²) in [7, 11) is 0. The normalized spacial score (nSPS) is 14.1. The van der Waals surface area contributed by atoms with E-state index in [2.05, 4.69) is 37.2 Å². The monoisotopic (exact) mass is 248 g/mol. The highest BCUT2D eigenvalue weighted by Gasteiger charge is 2.14. The maximum atomic E-state index is 6.23. The second-order valence-corrected chi connectivity index (χ2v) is 6.73. The van der Waals surface area contributed by atoms with Gasteiger partial charge in [-0.2, -0.15) is 0 Å². The Hall–Kier alpha value is -0.930. The van der Waals surface area contributed by atoms with Crippen LogP contribution in [0, 0.1) is 5.41 Å². The molecule has 0 aliphatic rings. The number of aromatic nitrogens is 1. The molecule has 2 rings (SSSR count). The van der Waals surface area contributed by atoms with Crippen molar-refractivity contribution in [2.75, 3.05) is 0 Å². The average Bonchev–Trinajstić information content (AvgIpc) is 2.71. The van der Waals surface area contributed by atoms with Crippen molar-refractivity contribution in [3.05, 3.63) is 29.3 Å². The van der Waals surface area contributed by atoms with Crippen LogP contribution < -0.4 is 5.73 Å². The summed E-state index contributed by atoms with van der Waals surface area (Å²) in [6, 6.07) is 4.33. The molecule has 3 heteroatoms. The molecule has 0 saturated heterocycles. The van der Waals surface area contributed by atoms with Gasteiger partial charge in [0.05, 0.1) is 10.2 Å². The zero-order chi connectivity index (χ0) is 12.5. The van der Waals surface area contributed by atoms with Crippen LogP contribution in [0.5, 0.6) is 0 Å². The Labute approximate surface area is 107 Å². The van der Waals surface area contributed by atoms with Crippen molar-refractivity contribution in [2.45, 2.75) is 39.7 Å². The predicted molar refractivity (Wildman–Crippen MR) is 75.2 cm³/mol. The topological polar surface area (TPSA) is 38.9 Å². The standard InChI is InChI=1S/C14H20N2S/c1-14(2,3)6-4-11(15)10-8-13-12(16-9-10)5-7-17-13/h5,7-9,11H,4,6,15H2,1-3H3. The van der Waals surface area contributed by atoms with Crippen LogP contribution in [-0.2, 0) is 0 Å². The Bertz CT molecular complexity index is 496. The van der Waals surface area contributed by atoms with E-state index in [1.54, 1.807) is 11.3 Å². The second-order valence-electron chi connectivity index (χ2n) is 5.78. The molecular weight excluding hydrogens is 228 g/mol. The van der Waals surface area contributed by atoms with Gasteiger partial charge in [-0.05, 0) is 41.3 Å². The van der Waals surface area contributed by atoms with Gasteiger partial charge in [0.1, 0.15) is 0 Å². The molecule has 0 aliphatic heterocycles. The van der Waals surface area contributed by atoms with Gasteiger partial charge in [-0.15, -0.1) is 11.3 Å². The van der Waals surface area contributed by atoms with Gasteiger partial charge in [-0.25, -0.2) is 0 Å². The molecule has 0 radical (unpaired) electrons. The number of thiophene rings is 1. The first-order valence-corrected chi connectivity index (χ1v) is 6.92. The Morgan fingerprint density at radius 3 is 2.88 bits per heavy atom. The number of fused-ring (bicyclic) bond motifs is 1. The SMILES string of the molecule is CC(C)(C)CCC(N)c1cnc2ccsc2c1. The van der Waals surface area contributed by atoms with Crippen LogP contribution in [0.2, 0.25) is 0 Å². The summed E-state index contributed by atoms with van der Waals surface area (Å²) in [6.07, 6.45) is 4.07. The third-order valence-electron chi connectivity index (χ3n) is 2.96. The van der Waals surface area contributed by atoms with Crippen LogP contribution in [0.1, 0.15) is 45.2 Å². The minimum Gasteiger partial charge on any atom is -0.324 e. The van der Waals surface area contributed by atoms with Crippen molar-refractivity contribution in [3.63, 3.8) is 0 Å². The fourth-order valence-electron chi connectivity index (χ4n) is 1.82. The van der Waals surface area contributed by atoms with E-state index in [-0.39, 0.29) is 6.04 Å². The fraction of sp³-hybridized carbons (Fsp3) is 0.500. The highest BCUT2D eigenvalue weighted by atomic mass is 32.1.